The Balaban J connectivity index is 1.74. The van der Waals surface area contributed by atoms with Gasteiger partial charge in [-0.2, -0.15) is 8.78 Å². The molecular weight excluding hydrogens is 390 g/mol. The average molecular weight is 410 g/mol. The molecule has 1 N–H and O–H groups in total. The van der Waals surface area contributed by atoms with E-state index in [0.717, 1.165) is 5.56 Å². The number of carbonyl (C=O) groups is 1. The van der Waals surface area contributed by atoms with Crippen molar-refractivity contribution in [3.63, 3.8) is 0 Å². The monoisotopic (exact) mass is 410 g/mol. The first-order valence-corrected chi connectivity index (χ1v) is 9.40. The predicted octanol–water partition coefficient (Wildman–Crippen LogP) is 5.06. The van der Waals surface area contributed by atoms with Crippen LogP contribution in [-0.2, 0) is 6.54 Å². The van der Waals surface area contributed by atoms with Gasteiger partial charge in [0.25, 0.3) is 5.91 Å². The molecule has 0 radical (unpaired) electrons. The number of benzene rings is 3. The second-order valence-electron chi connectivity index (χ2n) is 6.80. The number of anilines is 1. The normalized spacial score (nSPS) is 15.5. The van der Waals surface area contributed by atoms with Crippen LogP contribution in [0, 0.1) is 0 Å². The number of alkyl halides is 2. The van der Waals surface area contributed by atoms with Crippen LogP contribution < -0.4 is 14.8 Å². The van der Waals surface area contributed by atoms with Crippen LogP contribution in [0.4, 0.5) is 14.5 Å². The molecule has 7 heteroatoms. The maximum Gasteiger partial charge on any atom is 0.387 e. The van der Waals surface area contributed by atoms with Crippen LogP contribution in [0.1, 0.15) is 27.7 Å². The Hall–Kier alpha value is -3.61. The lowest BCUT2D eigenvalue weighted by Crippen LogP contribution is -2.42. The van der Waals surface area contributed by atoms with Crippen molar-refractivity contribution in [1.29, 1.82) is 0 Å². The van der Waals surface area contributed by atoms with E-state index in [1.807, 2.05) is 48.5 Å². The van der Waals surface area contributed by atoms with Gasteiger partial charge in [-0.3, -0.25) is 4.79 Å². The summed E-state index contributed by atoms with van der Waals surface area (Å²) in [7, 11) is 1.38. The summed E-state index contributed by atoms with van der Waals surface area (Å²) in [4.78, 5) is 15.0. The van der Waals surface area contributed by atoms with Gasteiger partial charge in [-0.25, -0.2) is 0 Å². The van der Waals surface area contributed by atoms with E-state index < -0.39 is 12.8 Å². The van der Waals surface area contributed by atoms with Crippen LogP contribution in [0.25, 0.3) is 0 Å². The summed E-state index contributed by atoms with van der Waals surface area (Å²) in [5.41, 5.74) is 2.95. The smallest absolute Gasteiger partial charge is 0.387 e. The summed E-state index contributed by atoms with van der Waals surface area (Å²) in [5.74, 6) is -0.0148. The molecule has 1 atom stereocenters. The Bertz CT molecular complexity index is 1040. The summed E-state index contributed by atoms with van der Waals surface area (Å²) < 4.78 is 35.1. The van der Waals surface area contributed by atoms with E-state index in [0.29, 0.717) is 23.4 Å². The molecule has 0 aromatic heterocycles. The average Bonchev–Trinajstić information content (AvgIpc) is 2.76. The van der Waals surface area contributed by atoms with Gasteiger partial charge in [0.2, 0.25) is 0 Å². The van der Waals surface area contributed by atoms with Gasteiger partial charge in [-0.15, -0.1) is 0 Å². The van der Waals surface area contributed by atoms with Crippen LogP contribution in [0.3, 0.4) is 0 Å². The zero-order valence-electron chi connectivity index (χ0n) is 16.2. The highest BCUT2D eigenvalue weighted by molar-refractivity contribution is 6.01. The third kappa shape index (κ3) is 3.91. The Morgan fingerprint density at radius 2 is 1.73 bits per heavy atom. The molecule has 1 aliphatic rings. The first-order chi connectivity index (χ1) is 14.6. The summed E-state index contributed by atoms with van der Waals surface area (Å²) in [5, 5.41) is 3.39. The number of para-hydroxylation sites is 1. The predicted molar refractivity (Wildman–Crippen MR) is 109 cm³/mol. The van der Waals surface area contributed by atoms with Gasteiger partial charge >= 0.3 is 6.61 Å². The molecule has 5 nitrogen and oxygen atoms in total. The second-order valence-corrected chi connectivity index (χ2v) is 6.80. The molecule has 3 aromatic carbocycles. The van der Waals surface area contributed by atoms with Gasteiger partial charge in [0, 0.05) is 12.2 Å². The summed E-state index contributed by atoms with van der Waals surface area (Å²) in [6.45, 7) is -2.58. The Labute approximate surface area is 172 Å². The Kier molecular flexibility index (Phi) is 5.52. The molecular formula is C23H20F2N2O3. The maximum atomic E-state index is 13.3. The number of nitrogens with zero attached hydrogens (tertiary/aromatic N) is 1. The summed E-state index contributed by atoms with van der Waals surface area (Å²) in [6, 6.07) is 21.6. The molecule has 1 heterocycles. The quantitative estimate of drug-likeness (QED) is 0.617. The fraction of sp³-hybridized carbons (Fsp3) is 0.174. The van der Waals surface area contributed by atoms with E-state index in [2.05, 4.69) is 10.1 Å². The van der Waals surface area contributed by atoms with Gasteiger partial charge in [0.15, 0.2) is 11.5 Å². The lowest BCUT2D eigenvalue weighted by molar-refractivity contribution is -0.0512. The van der Waals surface area contributed by atoms with E-state index >= 15 is 0 Å². The van der Waals surface area contributed by atoms with Gasteiger partial charge in [0.05, 0.1) is 12.7 Å². The Morgan fingerprint density at radius 3 is 2.47 bits per heavy atom. The van der Waals surface area contributed by atoms with E-state index in [9.17, 15) is 13.6 Å². The molecule has 0 bridgehead atoms. The number of ether oxygens (including phenoxy) is 2. The number of amides is 1. The first-order valence-electron chi connectivity index (χ1n) is 9.40. The highest BCUT2D eigenvalue weighted by Gasteiger charge is 2.33. The number of nitrogens with one attached hydrogen (secondary N) is 1. The number of methoxy groups -OCH3 is 1. The van der Waals surface area contributed by atoms with Crippen molar-refractivity contribution < 1.29 is 23.0 Å². The Morgan fingerprint density at radius 1 is 1.00 bits per heavy atom. The van der Waals surface area contributed by atoms with Crippen molar-refractivity contribution in [2.75, 3.05) is 12.4 Å². The van der Waals surface area contributed by atoms with Crippen molar-refractivity contribution in [2.45, 2.75) is 19.3 Å². The van der Waals surface area contributed by atoms with Crippen molar-refractivity contribution in [3.05, 3.63) is 89.5 Å². The maximum absolute atomic E-state index is 13.3. The van der Waals surface area contributed by atoms with E-state index in [1.54, 1.807) is 23.1 Å². The fourth-order valence-corrected chi connectivity index (χ4v) is 3.55. The minimum Gasteiger partial charge on any atom is -0.493 e. The van der Waals surface area contributed by atoms with Gasteiger partial charge in [0.1, 0.15) is 6.17 Å². The van der Waals surface area contributed by atoms with Crippen molar-refractivity contribution in [3.8, 4) is 11.5 Å². The van der Waals surface area contributed by atoms with Gasteiger partial charge in [-0.1, -0.05) is 48.5 Å². The number of hydrogen-bond acceptors (Lipinski definition) is 4. The van der Waals surface area contributed by atoms with Crippen LogP contribution in [0.15, 0.2) is 72.8 Å². The zero-order chi connectivity index (χ0) is 21.1. The van der Waals surface area contributed by atoms with Crippen molar-refractivity contribution in [1.82, 2.24) is 4.90 Å². The lowest BCUT2D eigenvalue weighted by atomic mass is 10.0. The largest absolute Gasteiger partial charge is 0.493 e. The fourth-order valence-electron chi connectivity index (χ4n) is 3.55. The van der Waals surface area contributed by atoms with Crippen molar-refractivity contribution in [2.24, 2.45) is 0 Å². The highest BCUT2D eigenvalue weighted by Crippen LogP contribution is 2.38. The van der Waals surface area contributed by atoms with Gasteiger partial charge in [-0.05, 0) is 35.4 Å². The summed E-state index contributed by atoms with van der Waals surface area (Å²) in [6.07, 6.45) is -0.512. The number of hydrogen-bond donors (Lipinski definition) is 1. The molecule has 30 heavy (non-hydrogen) atoms. The van der Waals surface area contributed by atoms with E-state index in [4.69, 9.17) is 4.74 Å². The number of halogens is 2. The van der Waals surface area contributed by atoms with Gasteiger partial charge < -0.3 is 19.7 Å². The minimum atomic E-state index is -2.96. The number of fused-ring (bicyclic) bond motifs is 1. The topological polar surface area (TPSA) is 50.8 Å². The molecule has 0 saturated carbocycles. The molecule has 0 spiro atoms. The minimum absolute atomic E-state index is 0.0617. The molecule has 0 aliphatic carbocycles. The molecule has 0 unspecified atom stereocenters. The number of carbonyl (C=O) groups excluding carboxylic acids is 1. The third-order valence-corrected chi connectivity index (χ3v) is 4.94. The van der Waals surface area contributed by atoms with E-state index in [1.165, 1.54) is 13.2 Å². The second kappa shape index (κ2) is 8.41. The van der Waals surface area contributed by atoms with Crippen molar-refractivity contribution >= 4 is 11.6 Å². The zero-order valence-corrected chi connectivity index (χ0v) is 16.2. The summed E-state index contributed by atoms with van der Waals surface area (Å²) >= 11 is 0. The molecule has 1 aliphatic heterocycles. The first kappa shape index (κ1) is 19.7. The van der Waals surface area contributed by atoms with E-state index in [-0.39, 0.29) is 17.4 Å². The van der Waals surface area contributed by atoms with Crippen LogP contribution in [0.2, 0.25) is 0 Å². The number of rotatable bonds is 6. The van der Waals surface area contributed by atoms with Crippen LogP contribution >= 0.6 is 0 Å². The van der Waals surface area contributed by atoms with Crippen LogP contribution in [-0.4, -0.2) is 24.5 Å². The molecule has 0 fully saturated rings. The van der Waals surface area contributed by atoms with Crippen LogP contribution in [0.5, 0.6) is 11.5 Å². The highest BCUT2D eigenvalue weighted by atomic mass is 19.3. The standard InChI is InChI=1S/C23H20F2N2O3/c1-29-20-13-16(11-12-19(20)30-23(24)25)21-26-18-10-6-5-9-17(18)22(28)27(21)14-15-7-3-2-4-8-15/h2-13,21,23,26H,14H2,1H3/t21-/m0/s1. The molecule has 4 rings (SSSR count). The lowest BCUT2D eigenvalue weighted by Gasteiger charge is -2.38. The molecule has 3 aromatic rings. The molecule has 1 amide bonds. The third-order valence-electron chi connectivity index (χ3n) is 4.94. The molecule has 0 saturated heterocycles. The SMILES string of the molecule is COc1cc([C@H]2Nc3ccccc3C(=O)N2Cc2ccccc2)ccc1OC(F)F. The molecule has 154 valence electrons.